The van der Waals surface area contributed by atoms with Gasteiger partial charge in [-0.1, -0.05) is 0 Å². The SMILES string of the molecule is CC(=O)C1(CF)CC=C(OS(=O)(=O)C(F)(F)F)CC1. The van der Waals surface area contributed by atoms with Crippen LogP contribution < -0.4 is 0 Å². The Kier molecular flexibility index (Phi) is 4.28. The van der Waals surface area contributed by atoms with E-state index >= 15 is 0 Å². The van der Waals surface area contributed by atoms with Gasteiger partial charge < -0.3 is 4.18 Å². The monoisotopic (exact) mass is 304 g/mol. The van der Waals surface area contributed by atoms with Crippen LogP contribution in [0.25, 0.3) is 0 Å². The Balaban J connectivity index is 2.85. The second-order valence-electron chi connectivity index (χ2n) is 4.33. The largest absolute Gasteiger partial charge is 0.534 e. The lowest BCUT2D eigenvalue weighted by Crippen LogP contribution is -2.34. The van der Waals surface area contributed by atoms with E-state index in [1.54, 1.807) is 0 Å². The first-order chi connectivity index (χ1) is 8.54. The molecule has 0 saturated carbocycles. The van der Waals surface area contributed by atoms with E-state index in [0.717, 1.165) is 6.08 Å². The lowest BCUT2D eigenvalue weighted by molar-refractivity contribution is -0.128. The van der Waals surface area contributed by atoms with Crippen molar-refractivity contribution in [3.63, 3.8) is 0 Å². The van der Waals surface area contributed by atoms with E-state index in [1.165, 1.54) is 6.92 Å². The number of alkyl halides is 4. The van der Waals surface area contributed by atoms with E-state index in [1.807, 2.05) is 0 Å². The standard InChI is InChI=1S/C10H12F4O4S/c1-7(15)9(6-11)4-2-8(3-5-9)18-19(16,17)10(12,13)14/h2H,3-6H2,1H3. The Hall–Kier alpha value is -1.12. The highest BCUT2D eigenvalue weighted by atomic mass is 32.2. The minimum atomic E-state index is -5.71. The van der Waals surface area contributed by atoms with Crippen LogP contribution in [0.1, 0.15) is 26.2 Å². The van der Waals surface area contributed by atoms with Gasteiger partial charge in [0.15, 0.2) is 0 Å². The van der Waals surface area contributed by atoms with Crippen LogP contribution in [0, 0.1) is 5.41 Å². The van der Waals surface area contributed by atoms with Gasteiger partial charge in [0, 0.05) is 6.42 Å². The van der Waals surface area contributed by atoms with E-state index in [2.05, 4.69) is 4.18 Å². The molecule has 0 N–H and O–H groups in total. The lowest BCUT2D eigenvalue weighted by Gasteiger charge is -2.30. The fourth-order valence-electron chi connectivity index (χ4n) is 1.67. The van der Waals surface area contributed by atoms with E-state index < -0.39 is 39.3 Å². The maximum Gasteiger partial charge on any atom is 0.534 e. The molecular weight excluding hydrogens is 292 g/mol. The summed E-state index contributed by atoms with van der Waals surface area (Å²) in [6.07, 6.45) is 0.520. The molecule has 0 bridgehead atoms. The molecule has 0 aromatic rings. The van der Waals surface area contributed by atoms with Gasteiger partial charge in [0.05, 0.1) is 5.41 Å². The van der Waals surface area contributed by atoms with E-state index in [0.29, 0.717) is 0 Å². The summed E-state index contributed by atoms with van der Waals surface area (Å²) in [6, 6.07) is 0. The predicted molar refractivity (Wildman–Crippen MR) is 57.1 cm³/mol. The van der Waals surface area contributed by atoms with Crippen LogP contribution in [0.15, 0.2) is 11.8 Å². The number of rotatable bonds is 4. The fourth-order valence-corrected chi connectivity index (χ4v) is 2.20. The number of carbonyl (C=O) groups excluding carboxylic acids is 1. The molecule has 0 saturated heterocycles. The normalized spacial score (nSPS) is 24.8. The average Bonchev–Trinajstić information content (AvgIpc) is 2.28. The molecule has 4 nitrogen and oxygen atoms in total. The molecule has 1 aliphatic carbocycles. The lowest BCUT2D eigenvalue weighted by atomic mass is 9.75. The molecule has 1 atom stereocenters. The minimum absolute atomic E-state index is 0.0853. The average molecular weight is 304 g/mol. The molecule has 1 rings (SSSR count). The van der Waals surface area contributed by atoms with Gasteiger partial charge in [-0.3, -0.25) is 4.79 Å². The van der Waals surface area contributed by atoms with Crippen molar-refractivity contribution in [1.29, 1.82) is 0 Å². The van der Waals surface area contributed by atoms with E-state index in [-0.39, 0.29) is 19.3 Å². The topological polar surface area (TPSA) is 60.4 Å². The zero-order valence-corrected chi connectivity index (χ0v) is 10.8. The van der Waals surface area contributed by atoms with Crippen molar-refractivity contribution in [3.8, 4) is 0 Å². The van der Waals surface area contributed by atoms with Crippen LogP contribution in [0.5, 0.6) is 0 Å². The van der Waals surface area contributed by atoms with Gasteiger partial charge in [-0.05, 0) is 25.8 Å². The summed E-state index contributed by atoms with van der Waals surface area (Å²) in [5, 5.41) is 0. The molecule has 0 aliphatic heterocycles. The summed E-state index contributed by atoms with van der Waals surface area (Å²) in [5.41, 5.74) is -6.79. The van der Waals surface area contributed by atoms with Crippen molar-refractivity contribution >= 4 is 15.9 Å². The van der Waals surface area contributed by atoms with Crippen molar-refractivity contribution < 1.29 is 35.0 Å². The number of hydrogen-bond donors (Lipinski definition) is 0. The second kappa shape index (κ2) is 5.10. The van der Waals surface area contributed by atoms with Crippen LogP contribution in [-0.2, 0) is 19.1 Å². The van der Waals surface area contributed by atoms with Crippen molar-refractivity contribution in [2.24, 2.45) is 5.41 Å². The number of hydrogen-bond acceptors (Lipinski definition) is 4. The molecular formula is C10H12F4O4S. The van der Waals surface area contributed by atoms with Crippen LogP contribution in [0.4, 0.5) is 17.6 Å². The highest BCUT2D eigenvalue weighted by Gasteiger charge is 2.49. The zero-order valence-electron chi connectivity index (χ0n) is 9.96. The summed E-state index contributed by atoms with van der Waals surface area (Å²) >= 11 is 0. The number of halogens is 4. The fraction of sp³-hybridized carbons (Fsp3) is 0.700. The predicted octanol–water partition coefficient (Wildman–Crippen LogP) is 2.47. The molecule has 0 radical (unpaired) electrons. The maximum atomic E-state index is 12.8. The third kappa shape index (κ3) is 3.26. The number of ketones is 1. The Morgan fingerprint density at radius 3 is 2.37 bits per heavy atom. The molecule has 0 amide bonds. The third-order valence-electron chi connectivity index (χ3n) is 3.07. The molecule has 110 valence electrons. The van der Waals surface area contributed by atoms with Crippen LogP contribution >= 0.6 is 0 Å². The molecule has 0 aromatic carbocycles. The van der Waals surface area contributed by atoms with Gasteiger partial charge in [-0.2, -0.15) is 21.6 Å². The van der Waals surface area contributed by atoms with Crippen LogP contribution in [0.2, 0.25) is 0 Å². The molecule has 0 heterocycles. The van der Waals surface area contributed by atoms with Crippen molar-refractivity contribution in [1.82, 2.24) is 0 Å². The first-order valence-electron chi connectivity index (χ1n) is 5.31. The molecule has 9 heteroatoms. The molecule has 1 aliphatic rings. The van der Waals surface area contributed by atoms with Crippen LogP contribution in [-0.4, -0.2) is 26.4 Å². The van der Waals surface area contributed by atoms with Crippen molar-refractivity contribution in [3.05, 3.63) is 11.8 Å². The number of Topliss-reactive ketones (excluding diaryl/α,β-unsaturated/α-hetero) is 1. The molecule has 19 heavy (non-hydrogen) atoms. The molecule has 0 spiro atoms. The van der Waals surface area contributed by atoms with Crippen molar-refractivity contribution in [2.75, 3.05) is 6.67 Å². The first kappa shape index (κ1) is 15.9. The summed E-state index contributed by atoms with van der Waals surface area (Å²) in [6.45, 7) is 0.240. The highest BCUT2D eigenvalue weighted by molar-refractivity contribution is 7.87. The maximum absolute atomic E-state index is 12.8. The Bertz CT molecular complexity index is 494. The highest BCUT2D eigenvalue weighted by Crippen LogP contribution is 2.38. The third-order valence-corrected chi connectivity index (χ3v) is 4.07. The Morgan fingerprint density at radius 2 is 2.05 bits per heavy atom. The van der Waals surface area contributed by atoms with Gasteiger partial charge in [-0.25, -0.2) is 4.39 Å². The smallest absolute Gasteiger partial charge is 0.381 e. The van der Waals surface area contributed by atoms with Gasteiger partial charge in [0.2, 0.25) is 0 Å². The Morgan fingerprint density at radius 1 is 1.47 bits per heavy atom. The minimum Gasteiger partial charge on any atom is -0.381 e. The van der Waals surface area contributed by atoms with E-state index in [4.69, 9.17) is 0 Å². The number of allylic oxidation sites excluding steroid dienone is 2. The van der Waals surface area contributed by atoms with E-state index in [9.17, 15) is 30.8 Å². The summed E-state index contributed by atoms with van der Waals surface area (Å²) in [4.78, 5) is 11.3. The molecule has 0 aromatic heterocycles. The van der Waals surface area contributed by atoms with Gasteiger partial charge in [0.1, 0.15) is 18.2 Å². The van der Waals surface area contributed by atoms with Crippen LogP contribution in [0.3, 0.4) is 0 Å². The summed E-state index contributed by atoms with van der Waals surface area (Å²) < 4.78 is 74.5. The first-order valence-corrected chi connectivity index (χ1v) is 6.72. The summed E-state index contributed by atoms with van der Waals surface area (Å²) in [7, 11) is -5.71. The van der Waals surface area contributed by atoms with Gasteiger partial charge >= 0.3 is 15.6 Å². The van der Waals surface area contributed by atoms with Gasteiger partial charge in [0.25, 0.3) is 0 Å². The van der Waals surface area contributed by atoms with Crippen molar-refractivity contribution in [2.45, 2.75) is 31.7 Å². The molecule has 0 fully saturated rings. The second-order valence-corrected chi connectivity index (χ2v) is 5.87. The number of carbonyl (C=O) groups is 1. The van der Waals surface area contributed by atoms with Gasteiger partial charge in [-0.15, -0.1) is 0 Å². The Labute approximate surface area is 107 Å². The summed E-state index contributed by atoms with van der Waals surface area (Å²) in [5.74, 6) is -0.841. The zero-order chi connectivity index (χ0) is 14.9. The quantitative estimate of drug-likeness (QED) is 0.455. The molecule has 1 unspecified atom stereocenters.